The first kappa shape index (κ1) is 22.0. The molecule has 25 heavy (non-hydrogen) atoms. The number of benzene rings is 1. The van der Waals surface area contributed by atoms with Crippen LogP contribution in [0.4, 0.5) is 0 Å². The third-order valence-electron chi connectivity index (χ3n) is 4.51. The summed E-state index contributed by atoms with van der Waals surface area (Å²) in [6, 6.07) is 4.35. The molecule has 5 nitrogen and oxygen atoms in total. The molecule has 2 unspecified atom stereocenters. The molecule has 0 saturated carbocycles. The minimum atomic E-state index is -0.626. The van der Waals surface area contributed by atoms with Gasteiger partial charge in [-0.3, -0.25) is 9.59 Å². The zero-order valence-electron chi connectivity index (χ0n) is 14.3. The SMILES string of the molecule is CC(NC(=O)c1cccc(Cl)c1Cl)C(=O)N1CCC(C(C)N)CC1.Cl. The van der Waals surface area contributed by atoms with Crippen molar-refractivity contribution in [2.75, 3.05) is 13.1 Å². The van der Waals surface area contributed by atoms with Gasteiger partial charge in [-0.15, -0.1) is 12.4 Å². The molecule has 0 bridgehead atoms. The molecule has 1 aromatic rings. The molecule has 1 fully saturated rings. The summed E-state index contributed by atoms with van der Waals surface area (Å²) in [5, 5.41) is 3.19. The van der Waals surface area contributed by atoms with Crippen LogP contribution in [0.1, 0.15) is 37.0 Å². The highest BCUT2D eigenvalue weighted by atomic mass is 35.5. The molecule has 2 amide bonds. The first-order valence-corrected chi connectivity index (χ1v) is 8.86. The van der Waals surface area contributed by atoms with E-state index in [1.807, 2.05) is 6.92 Å². The number of hydrogen-bond donors (Lipinski definition) is 2. The van der Waals surface area contributed by atoms with Crippen LogP contribution in [0.2, 0.25) is 10.0 Å². The zero-order chi connectivity index (χ0) is 17.9. The van der Waals surface area contributed by atoms with E-state index in [0.717, 1.165) is 12.8 Å². The number of piperidine rings is 1. The summed E-state index contributed by atoms with van der Waals surface area (Å²) >= 11 is 12.0. The predicted molar refractivity (Wildman–Crippen MR) is 104 cm³/mol. The van der Waals surface area contributed by atoms with Gasteiger partial charge in [-0.25, -0.2) is 0 Å². The first-order chi connectivity index (χ1) is 11.3. The van der Waals surface area contributed by atoms with Crippen LogP contribution >= 0.6 is 35.6 Å². The van der Waals surface area contributed by atoms with Crippen LogP contribution in [-0.2, 0) is 4.79 Å². The molecule has 1 aromatic carbocycles. The van der Waals surface area contributed by atoms with Crippen LogP contribution in [0.15, 0.2) is 18.2 Å². The van der Waals surface area contributed by atoms with Crippen molar-refractivity contribution in [3.05, 3.63) is 33.8 Å². The molecule has 0 radical (unpaired) electrons. The molecule has 0 aromatic heterocycles. The largest absolute Gasteiger partial charge is 0.341 e. The van der Waals surface area contributed by atoms with Gasteiger partial charge in [0.1, 0.15) is 6.04 Å². The van der Waals surface area contributed by atoms with E-state index in [9.17, 15) is 9.59 Å². The third kappa shape index (κ3) is 5.48. The van der Waals surface area contributed by atoms with E-state index in [0.29, 0.717) is 24.0 Å². The number of rotatable bonds is 4. The number of carbonyl (C=O) groups excluding carboxylic acids is 2. The van der Waals surface area contributed by atoms with Gasteiger partial charge in [0.2, 0.25) is 5.91 Å². The lowest BCUT2D eigenvalue weighted by molar-refractivity contribution is -0.134. The monoisotopic (exact) mass is 407 g/mol. The molecule has 8 heteroatoms. The van der Waals surface area contributed by atoms with E-state index in [4.69, 9.17) is 28.9 Å². The van der Waals surface area contributed by atoms with Gasteiger partial charge >= 0.3 is 0 Å². The van der Waals surface area contributed by atoms with Crippen molar-refractivity contribution in [3.8, 4) is 0 Å². The van der Waals surface area contributed by atoms with E-state index >= 15 is 0 Å². The summed E-state index contributed by atoms with van der Waals surface area (Å²) in [4.78, 5) is 26.6. The Hall–Kier alpha value is -1.01. The maximum Gasteiger partial charge on any atom is 0.253 e. The van der Waals surface area contributed by atoms with E-state index in [2.05, 4.69) is 5.32 Å². The fourth-order valence-corrected chi connectivity index (χ4v) is 3.32. The number of nitrogens with zero attached hydrogens (tertiary/aromatic N) is 1. The minimum Gasteiger partial charge on any atom is -0.341 e. The van der Waals surface area contributed by atoms with Crippen molar-refractivity contribution >= 4 is 47.4 Å². The quantitative estimate of drug-likeness (QED) is 0.803. The Balaban J connectivity index is 0.00000312. The van der Waals surface area contributed by atoms with Gasteiger partial charge < -0.3 is 16.0 Å². The molecule has 1 aliphatic rings. The Morgan fingerprint density at radius 2 is 1.84 bits per heavy atom. The maximum absolute atomic E-state index is 12.5. The lowest BCUT2D eigenvalue weighted by Gasteiger charge is -2.35. The van der Waals surface area contributed by atoms with Gasteiger partial charge in [0.15, 0.2) is 0 Å². The van der Waals surface area contributed by atoms with Crippen molar-refractivity contribution in [1.82, 2.24) is 10.2 Å². The second kappa shape index (κ2) is 9.62. The molecule has 1 heterocycles. The van der Waals surface area contributed by atoms with Gasteiger partial charge in [-0.1, -0.05) is 29.3 Å². The highest BCUT2D eigenvalue weighted by Gasteiger charge is 2.28. The Kier molecular flexibility index (Phi) is 8.48. The number of carbonyl (C=O) groups is 2. The molecule has 3 N–H and O–H groups in total. The minimum absolute atomic E-state index is 0. The lowest BCUT2D eigenvalue weighted by Crippen LogP contribution is -2.50. The average molecular weight is 409 g/mol. The molecule has 2 rings (SSSR count). The summed E-state index contributed by atoms with van der Waals surface area (Å²) in [6.45, 7) is 5.02. The summed E-state index contributed by atoms with van der Waals surface area (Å²) in [6.07, 6.45) is 1.79. The van der Waals surface area contributed by atoms with Crippen LogP contribution in [0, 0.1) is 5.92 Å². The Morgan fingerprint density at radius 3 is 2.40 bits per heavy atom. The molecular formula is C17H24Cl3N3O2. The van der Waals surface area contributed by atoms with E-state index < -0.39 is 11.9 Å². The molecule has 0 aliphatic carbocycles. The van der Waals surface area contributed by atoms with Gasteiger partial charge in [0, 0.05) is 19.1 Å². The molecule has 140 valence electrons. The topological polar surface area (TPSA) is 75.4 Å². The zero-order valence-corrected chi connectivity index (χ0v) is 16.6. The number of hydrogen-bond acceptors (Lipinski definition) is 3. The van der Waals surface area contributed by atoms with Gasteiger partial charge in [0.05, 0.1) is 15.6 Å². The van der Waals surface area contributed by atoms with Crippen LogP contribution in [0.25, 0.3) is 0 Å². The number of nitrogens with one attached hydrogen (secondary N) is 1. The fourth-order valence-electron chi connectivity index (χ4n) is 2.93. The summed E-state index contributed by atoms with van der Waals surface area (Å²) in [5.74, 6) is -0.0531. The van der Waals surface area contributed by atoms with Crippen molar-refractivity contribution < 1.29 is 9.59 Å². The normalized spacial score (nSPS) is 17.4. The highest BCUT2D eigenvalue weighted by Crippen LogP contribution is 2.25. The van der Waals surface area contributed by atoms with E-state index in [1.54, 1.807) is 30.0 Å². The second-order valence-electron chi connectivity index (χ2n) is 6.32. The first-order valence-electron chi connectivity index (χ1n) is 8.10. The maximum atomic E-state index is 12.5. The summed E-state index contributed by atoms with van der Waals surface area (Å²) in [5.41, 5.74) is 6.18. The molecular weight excluding hydrogens is 385 g/mol. The van der Waals surface area contributed by atoms with Crippen molar-refractivity contribution in [1.29, 1.82) is 0 Å². The van der Waals surface area contributed by atoms with Gasteiger partial charge in [0.25, 0.3) is 5.91 Å². The average Bonchev–Trinajstić information content (AvgIpc) is 2.56. The van der Waals surface area contributed by atoms with Crippen LogP contribution in [0.3, 0.4) is 0 Å². The summed E-state index contributed by atoms with van der Waals surface area (Å²) < 4.78 is 0. The molecule has 1 aliphatic heterocycles. The van der Waals surface area contributed by atoms with Crippen molar-refractivity contribution in [3.63, 3.8) is 0 Å². The smallest absolute Gasteiger partial charge is 0.253 e. The van der Waals surface area contributed by atoms with Gasteiger partial charge in [-0.05, 0) is 44.7 Å². The van der Waals surface area contributed by atoms with E-state index in [-0.39, 0.29) is 34.9 Å². The second-order valence-corrected chi connectivity index (χ2v) is 7.10. The summed E-state index contributed by atoms with van der Waals surface area (Å²) in [7, 11) is 0. The number of amides is 2. The Morgan fingerprint density at radius 1 is 1.24 bits per heavy atom. The predicted octanol–water partition coefficient (Wildman–Crippen LogP) is 3.12. The van der Waals surface area contributed by atoms with Crippen molar-refractivity contribution in [2.45, 2.75) is 38.8 Å². The van der Waals surface area contributed by atoms with E-state index in [1.165, 1.54) is 0 Å². The van der Waals surface area contributed by atoms with Crippen LogP contribution < -0.4 is 11.1 Å². The van der Waals surface area contributed by atoms with Crippen molar-refractivity contribution in [2.24, 2.45) is 11.7 Å². The molecule has 1 saturated heterocycles. The Bertz CT molecular complexity index is 617. The lowest BCUT2D eigenvalue weighted by atomic mass is 9.91. The molecule has 0 spiro atoms. The third-order valence-corrected chi connectivity index (χ3v) is 5.33. The number of nitrogens with two attached hydrogens (primary N) is 1. The fraction of sp³-hybridized carbons (Fsp3) is 0.529. The molecule has 2 atom stereocenters. The number of halogens is 3. The Labute approximate surface area is 164 Å². The highest BCUT2D eigenvalue weighted by molar-refractivity contribution is 6.43. The standard InChI is InChI=1S/C17H23Cl2N3O2.ClH/c1-10(20)12-6-8-22(9-7-12)17(24)11(2)21-16(23)13-4-3-5-14(18)15(13)19;/h3-5,10-12H,6-9,20H2,1-2H3,(H,21,23);1H. The van der Waals surface area contributed by atoms with Crippen LogP contribution in [0.5, 0.6) is 0 Å². The van der Waals surface area contributed by atoms with Crippen LogP contribution in [-0.4, -0.2) is 41.9 Å². The van der Waals surface area contributed by atoms with Gasteiger partial charge in [-0.2, -0.15) is 0 Å². The number of likely N-dealkylation sites (tertiary alicyclic amines) is 1.